The molecule has 0 bridgehead atoms. The second kappa shape index (κ2) is 7.22. The van der Waals surface area contributed by atoms with E-state index in [1.165, 1.54) is 31.4 Å². The quantitative estimate of drug-likeness (QED) is 0.943. The molecule has 120 valence electrons. The highest BCUT2D eigenvalue weighted by Crippen LogP contribution is 2.20. The van der Waals surface area contributed by atoms with E-state index in [2.05, 4.69) is 20.2 Å². The Morgan fingerprint density at radius 2 is 1.61 bits per heavy atom. The molecular formula is C18H22N4O. The van der Waals surface area contributed by atoms with E-state index in [1.807, 2.05) is 31.2 Å². The third-order valence-electron chi connectivity index (χ3n) is 4.11. The number of anilines is 2. The van der Waals surface area contributed by atoms with Crippen molar-refractivity contribution in [3.05, 3.63) is 47.8 Å². The summed E-state index contributed by atoms with van der Waals surface area (Å²) in [4.78, 5) is 22.8. The van der Waals surface area contributed by atoms with Gasteiger partial charge in [-0.1, -0.05) is 12.8 Å². The lowest BCUT2D eigenvalue weighted by molar-refractivity contribution is 0.102. The van der Waals surface area contributed by atoms with Crippen molar-refractivity contribution in [1.82, 2.24) is 9.97 Å². The van der Waals surface area contributed by atoms with Gasteiger partial charge in [-0.3, -0.25) is 10.1 Å². The summed E-state index contributed by atoms with van der Waals surface area (Å²) in [5.74, 6) is 0.147. The van der Waals surface area contributed by atoms with Crippen molar-refractivity contribution in [3.8, 4) is 0 Å². The fourth-order valence-electron chi connectivity index (χ4n) is 2.78. The minimum absolute atomic E-state index is 0.184. The van der Waals surface area contributed by atoms with Gasteiger partial charge in [0.1, 0.15) is 0 Å². The van der Waals surface area contributed by atoms with Crippen molar-refractivity contribution in [2.24, 2.45) is 0 Å². The maximum atomic E-state index is 12.2. The zero-order valence-electron chi connectivity index (χ0n) is 13.5. The molecule has 0 unspecified atom stereocenters. The molecule has 2 heterocycles. The van der Waals surface area contributed by atoms with Crippen LogP contribution in [0.3, 0.4) is 0 Å². The van der Waals surface area contributed by atoms with Crippen molar-refractivity contribution in [2.75, 3.05) is 23.3 Å². The first kappa shape index (κ1) is 15.5. The number of hydrogen-bond acceptors (Lipinski definition) is 4. The van der Waals surface area contributed by atoms with Gasteiger partial charge in [-0.25, -0.2) is 9.97 Å². The minimum atomic E-state index is -0.184. The Morgan fingerprint density at radius 1 is 1.00 bits per heavy atom. The molecule has 0 spiro atoms. The fraction of sp³-hybridized carbons (Fsp3) is 0.389. The Bertz CT molecular complexity index is 644. The molecule has 1 aliphatic heterocycles. The molecule has 23 heavy (non-hydrogen) atoms. The molecule has 0 radical (unpaired) electrons. The molecule has 1 amide bonds. The molecule has 5 nitrogen and oxygen atoms in total. The van der Waals surface area contributed by atoms with Gasteiger partial charge in [0.15, 0.2) is 0 Å². The molecule has 0 aliphatic carbocycles. The van der Waals surface area contributed by atoms with E-state index in [0.717, 1.165) is 18.7 Å². The Kier molecular flexibility index (Phi) is 4.86. The largest absolute Gasteiger partial charge is 0.372 e. The Hall–Kier alpha value is -2.43. The number of aromatic nitrogens is 2. The average Bonchev–Trinajstić information content (AvgIpc) is 2.86. The second-order valence-electron chi connectivity index (χ2n) is 5.99. The van der Waals surface area contributed by atoms with Gasteiger partial charge in [0.05, 0.1) is 0 Å². The van der Waals surface area contributed by atoms with E-state index in [0.29, 0.717) is 11.5 Å². The van der Waals surface area contributed by atoms with Gasteiger partial charge in [-0.15, -0.1) is 0 Å². The fourth-order valence-corrected chi connectivity index (χ4v) is 2.78. The van der Waals surface area contributed by atoms with Gasteiger partial charge in [0.2, 0.25) is 5.95 Å². The van der Waals surface area contributed by atoms with Crippen LogP contribution in [0.25, 0.3) is 0 Å². The molecule has 2 aromatic rings. The highest BCUT2D eigenvalue weighted by Gasteiger charge is 2.12. The number of hydrogen-bond donors (Lipinski definition) is 1. The Morgan fingerprint density at radius 3 is 2.22 bits per heavy atom. The van der Waals surface area contributed by atoms with Gasteiger partial charge >= 0.3 is 0 Å². The van der Waals surface area contributed by atoms with Crippen molar-refractivity contribution >= 4 is 17.5 Å². The monoisotopic (exact) mass is 310 g/mol. The van der Waals surface area contributed by atoms with E-state index in [9.17, 15) is 4.79 Å². The van der Waals surface area contributed by atoms with Crippen molar-refractivity contribution in [3.63, 3.8) is 0 Å². The molecule has 1 aromatic carbocycles. The van der Waals surface area contributed by atoms with Crippen LogP contribution in [0.2, 0.25) is 0 Å². The molecule has 0 atom stereocenters. The highest BCUT2D eigenvalue weighted by atomic mass is 16.1. The lowest BCUT2D eigenvalue weighted by Gasteiger charge is -2.22. The van der Waals surface area contributed by atoms with Crippen LogP contribution in [0, 0.1) is 6.92 Å². The molecule has 3 rings (SSSR count). The third kappa shape index (κ3) is 4.06. The molecule has 1 aromatic heterocycles. The van der Waals surface area contributed by atoms with E-state index >= 15 is 0 Å². The zero-order valence-corrected chi connectivity index (χ0v) is 13.5. The van der Waals surface area contributed by atoms with Crippen LogP contribution in [0.1, 0.15) is 41.6 Å². The summed E-state index contributed by atoms with van der Waals surface area (Å²) in [6, 6.07) is 7.78. The number of amides is 1. The number of rotatable bonds is 3. The van der Waals surface area contributed by atoms with Gasteiger partial charge in [0, 0.05) is 36.7 Å². The van der Waals surface area contributed by atoms with Crippen LogP contribution in [0.15, 0.2) is 36.7 Å². The number of nitrogens with one attached hydrogen (secondary N) is 1. The third-order valence-corrected chi connectivity index (χ3v) is 4.11. The summed E-state index contributed by atoms with van der Waals surface area (Å²) in [6.07, 6.45) is 8.48. The predicted octanol–water partition coefficient (Wildman–Crippen LogP) is 3.42. The van der Waals surface area contributed by atoms with E-state index in [4.69, 9.17) is 0 Å². The predicted molar refractivity (Wildman–Crippen MR) is 91.8 cm³/mol. The van der Waals surface area contributed by atoms with Crippen molar-refractivity contribution in [2.45, 2.75) is 32.6 Å². The highest BCUT2D eigenvalue weighted by molar-refractivity contribution is 6.03. The molecule has 5 heteroatoms. The average molecular weight is 310 g/mol. The number of aryl methyl sites for hydroxylation is 1. The first-order valence-corrected chi connectivity index (χ1v) is 8.17. The number of carbonyl (C=O) groups excluding carboxylic acids is 1. The molecule has 1 aliphatic rings. The molecule has 1 saturated heterocycles. The summed E-state index contributed by atoms with van der Waals surface area (Å²) >= 11 is 0. The Balaban J connectivity index is 1.66. The number of carbonyl (C=O) groups is 1. The summed E-state index contributed by atoms with van der Waals surface area (Å²) in [5, 5.41) is 2.72. The smallest absolute Gasteiger partial charge is 0.258 e. The maximum absolute atomic E-state index is 12.2. The molecule has 1 N–H and O–H groups in total. The molecule has 0 saturated carbocycles. The van der Waals surface area contributed by atoms with Crippen LogP contribution in [-0.2, 0) is 0 Å². The van der Waals surface area contributed by atoms with Crippen LogP contribution in [0.5, 0.6) is 0 Å². The second-order valence-corrected chi connectivity index (χ2v) is 5.99. The minimum Gasteiger partial charge on any atom is -0.372 e. The first-order chi connectivity index (χ1) is 11.2. The standard InChI is InChI=1S/C18H22N4O/c1-14-12-19-18(20-13-14)21-17(23)15-6-8-16(9-7-15)22-10-4-2-3-5-11-22/h6-9,12-13H,2-5,10-11H2,1H3,(H,19,20,21,23). The zero-order chi connectivity index (χ0) is 16.1. The van der Waals surface area contributed by atoms with Crippen LogP contribution in [0.4, 0.5) is 11.6 Å². The van der Waals surface area contributed by atoms with E-state index in [-0.39, 0.29) is 5.91 Å². The topological polar surface area (TPSA) is 58.1 Å². The van der Waals surface area contributed by atoms with Crippen molar-refractivity contribution in [1.29, 1.82) is 0 Å². The van der Waals surface area contributed by atoms with Gasteiger partial charge in [0.25, 0.3) is 5.91 Å². The lowest BCUT2D eigenvalue weighted by atomic mass is 10.2. The first-order valence-electron chi connectivity index (χ1n) is 8.17. The van der Waals surface area contributed by atoms with Crippen LogP contribution < -0.4 is 10.2 Å². The van der Waals surface area contributed by atoms with Crippen LogP contribution in [-0.4, -0.2) is 29.0 Å². The normalized spacial score (nSPS) is 15.1. The van der Waals surface area contributed by atoms with Gasteiger partial charge in [-0.05, 0) is 49.6 Å². The van der Waals surface area contributed by atoms with Gasteiger partial charge < -0.3 is 4.90 Å². The summed E-state index contributed by atoms with van der Waals surface area (Å²) < 4.78 is 0. The van der Waals surface area contributed by atoms with E-state index in [1.54, 1.807) is 12.4 Å². The van der Waals surface area contributed by atoms with Crippen molar-refractivity contribution < 1.29 is 4.79 Å². The maximum Gasteiger partial charge on any atom is 0.258 e. The van der Waals surface area contributed by atoms with Gasteiger partial charge in [-0.2, -0.15) is 0 Å². The van der Waals surface area contributed by atoms with E-state index < -0.39 is 0 Å². The molecule has 1 fully saturated rings. The summed E-state index contributed by atoms with van der Waals surface area (Å²) in [5.41, 5.74) is 2.77. The summed E-state index contributed by atoms with van der Waals surface area (Å²) in [7, 11) is 0. The summed E-state index contributed by atoms with van der Waals surface area (Å²) in [6.45, 7) is 4.11. The Labute approximate surface area is 136 Å². The number of benzene rings is 1. The SMILES string of the molecule is Cc1cnc(NC(=O)c2ccc(N3CCCCCC3)cc2)nc1. The molecular weight excluding hydrogens is 288 g/mol. The number of nitrogens with zero attached hydrogens (tertiary/aromatic N) is 3. The lowest BCUT2D eigenvalue weighted by Crippen LogP contribution is -2.23. The van der Waals surface area contributed by atoms with Crippen LogP contribution >= 0.6 is 0 Å².